The first-order valence-electron chi connectivity index (χ1n) is 17.4. The van der Waals surface area contributed by atoms with Crippen molar-refractivity contribution < 1.29 is 0 Å². The molecule has 0 saturated carbocycles. The number of anilines is 3. The van der Waals surface area contributed by atoms with E-state index in [9.17, 15) is 0 Å². The average Bonchev–Trinajstić information content (AvgIpc) is 3.48. The summed E-state index contributed by atoms with van der Waals surface area (Å²) in [5.41, 5.74) is 10.8. The van der Waals surface area contributed by atoms with E-state index in [1.54, 1.807) is 0 Å². The summed E-state index contributed by atoms with van der Waals surface area (Å²) >= 11 is 0. The number of nitrogens with zero attached hydrogens (tertiary/aromatic N) is 2. The second kappa shape index (κ2) is 11.8. The molecule has 0 spiro atoms. The van der Waals surface area contributed by atoms with Crippen LogP contribution in [0, 0.1) is 0 Å². The maximum Gasteiger partial charge on any atom is 0.0541 e. The summed E-state index contributed by atoms with van der Waals surface area (Å²) in [5, 5.41) is 7.48. The Kier molecular flexibility index (Phi) is 7.07. The molecule has 9 rings (SSSR count). The first-order valence-corrected chi connectivity index (χ1v) is 17.4. The third-order valence-electron chi connectivity index (χ3n) is 10.1. The van der Waals surface area contributed by atoms with Gasteiger partial charge in [0, 0.05) is 32.9 Å². The molecular formula is C48H38N2. The van der Waals surface area contributed by atoms with E-state index in [-0.39, 0.29) is 5.41 Å². The van der Waals surface area contributed by atoms with Gasteiger partial charge in [-0.3, -0.25) is 0 Å². The first kappa shape index (κ1) is 30.0. The van der Waals surface area contributed by atoms with E-state index in [0.717, 1.165) is 5.69 Å². The molecule has 0 fully saturated rings. The number of hydrogen-bond acceptors (Lipinski definition) is 1. The monoisotopic (exact) mass is 642 g/mol. The lowest BCUT2D eigenvalue weighted by molar-refractivity contribution is 0.591. The zero-order chi connectivity index (χ0) is 33.8. The van der Waals surface area contributed by atoms with Crippen LogP contribution < -0.4 is 4.90 Å². The molecular weight excluding hydrogens is 605 g/mol. The Morgan fingerprint density at radius 3 is 1.76 bits per heavy atom. The van der Waals surface area contributed by atoms with Crippen LogP contribution in [0.5, 0.6) is 0 Å². The van der Waals surface area contributed by atoms with Crippen molar-refractivity contribution in [2.45, 2.75) is 26.2 Å². The minimum absolute atomic E-state index is 0.0278. The van der Waals surface area contributed by atoms with E-state index in [4.69, 9.17) is 0 Å². The predicted molar refractivity (Wildman–Crippen MR) is 215 cm³/mol. The summed E-state index contributed by atoms with van der Waals surface area (Å²) in [4.78, 5) is 2.44. The van der Waals surface area contributed by atoms with Gasteiger partial charge in [0.1, 0.15) is 0 Å². The summed E-state index contributed by atoms with van der Waals surface area (Å²) in [6, 6.07) is 64.2. The van der Waals surface area contributed by atoms with Crippen molar-refractivity contribution in [1.82, 2.24) is 4.57 Å². The highest BCUT2D eigenvalue weighted by Crippen LogP contribution is 2.44. The van der Waals surface area contributed by atoms with Crippen LogP contribution in [0.25, 0.3) is 60.2 Å². The molecule has 2 nitrogen and oxygen atoms in total. The average molecular weight is 643 g/mol. The van der Waals surface area contributed by atoms with E-state index in [0.29, 0.717) is 0 Å². The molecule has 8 aromatic carbocycles. The number of aromatic nitrogens is 1. The van der Waals surface area contributed by atoms with Gasteiger partial charge in [-0.15, -0.1) is 0 Å². The minimum Gasteiger partial charge on any atom is -0.310 e. The highest BCUT2D eigenvalue weighted by atomic mass is 15.1. The van der Waals surface area contributed by atoms with Crippen LogP contribution in [0.3, 0.4) is 0 Å². The molecule has 0 radical (unpaired) electrons. The van der Waals surface area contributed by atoms with Crippen LogP contribution in [0.1, 0.15) is 26.3 Å². The van der Waals surface area contributed by atoms with Crippen LogP contribution in [0.2, 0.25) is 0 Å². The first-order chi connectivity index (χ1) is 24.5. The Hall–Kier alpha value is -6.12. The van der Waals surface area contributed by atoms with Gasteiger partial charge in [0.25, 0.3) is 0 Å². The zero-order valence-electron chi connectivity index (χ0n) is 28.6. The summed E-state index contributed by atoms with van der Waals surface area (Å²) in [6.07, 6.45) is 0. The van der Waals surface area contributed by atoms with Crippen molar-refractivity contribution in [3.8, 4) is 16.8 Å². The maximum absolute atomic E-state index is 2.44. The van der Waals surface area contributed by atoms with Crippen molar-refractivity contribution in [2.75, 3.05) is 4.90 Å². The van der Waals surface area contributed by atoms with Crippen LogP contribution in [-0.4, -0.2) is 4.57 Å². The van der Waals surface area contributed by atoms with Gasteiger partial charge in [0.05, 0.1) is 22.4 Å². The van der Waals surface area contributed by atoms with E-state index >= 15 is 0 Å². The van der Waals surface area contributed by atoms with Gasteiger partial charge >= 0.3 is 0 Å². The van der Waals surface area contributed by atoms with Crippen molar-refractivity contribution >= 4 is 60.4 Å². The number of fused-ring (bicyclic) bond motifs is 5. The molecule has 0 saturated heterocycles. The van der Waals surface area contributed by atoms with Gasteiger partial charge in [0.2, 0.25) is 0 Å². The second-order valence-corrected chi connectivity index (χ2v) is 14.2. The zero-order valence-corrected chi connectivity index (χ0v) is 28.6. The molecule has 1 aromatic heterocycles. The third-order valence-corrected chi connectivity index (χ3v) is 10.1. The molecule has 0 aliphatic carbocycles. The summed E-state index contributed by atoms with van der Waals surface area (Å²) in [5.74, 6) is 0. The van der Waals surface area contributed by atoms with Crippen molar-refractivity contribution in [3.63, 3.8) is 0 Å². The molecule has 0 atom stereocenters. The van der Waals surface area contributed by atoms with Gasteiger partial charge in [-0.25, -0.2) is 0 Å². The van der Waals surface area contributed by atoms with Crippen LogP contribution in [-0.2, 0) is 5.41 Å². The highest BCUT2D eigenvalue weighted by Gasteiger charge is 2.24. The van der Waals surface area contributed by atoms with Gasteiger partial charge < -0.3 is 9.47 Å². The lowest BCUT2D eigenvalue weighted by Crippen LogP contribution is -2.19. The van der Waals surface area contributed by atoms with Gasteiger partial charge in [-0.05, 0) is 81.4 Å². The molecule has 50 heavy (non-hydrogen) atoms. The Bertz CT molecular complexity index is 2680. The van der Waals surface area contributed by atoms with Crippen LogP contribution >= 0.6 is 0 Å². The van der Waals surface area contributed by atoms with E-state index in [1.807, 2.05) is 0 Å². The lowest BCUT2D eigenvalue weighted by Gasteiger charge is -2.32. The molecule has 2 heteroatoms. The van der Waals surface area contributed by atoms with Crippen molar-refractivity contribution in [2.24, 2.45) is 0 Å². The van der Waals surface area contributed by atoms with E-state index in [1.165, 1.54) is 77.1 Å². The molecule has 9 aromatic rings. The van der Waals surface area contributed by atoms with E-state index in [2.05, 4.69) is 206 Å². The predicted octanol–water partition coefficient (Wildman–Crippen LogP) is 13.5. The number of benzene rings is 8. The minimum atomic E-state index is -0.0278. The Labute approximate surface area is 293 Å². The quantitative estimate of drug-likeness (QED) is 0.181. The molecule has 0 unspecified atom stereocenters. The fourth-order valence-electron chi connectivity index (χ4n) is 7.73. The summed E-state index contributed by atoms with van der Waals surface area (Å²) < 4.78 is 2.43. The van der Waals surface area contributed by atoms with Gasteiger partial charge in [-0.2, -0.15) is 0 Å². The smallest absolute Gasteiger partial charge is 0.0541 e. The number of para-hydroxylation sites is 2. The maximum atomic E-state index is 2.44. The standard InChI is InChI=1S/C48H38N2/c1-48(2,3)42-21-9-11-23-47(42)49(43-24-12-16-34-14-4-6-18-38(34)43)37-29-26-33(27-30-37)36-28-31-46-41(32-36)40-20-8-10-22-45(40)50(46)44-25-13-17-35-15-5-7-19-39(35)44/h4-32H,1-3H3. The number of hydrogen-bond donors (Lipinski definition) is 0. The fraction of sp³-hybridized carbons (Fsp3) is 0.0833. The molecule has 240 valence electrons. The van der Waals surface area contributed by atoms with Crippen molar-refractivity contribution in [3.05, 3.63) is 181 Å². The molecule has 0 amide bonds. The fourth-order valence-corrected chi connectivity index (χ4v) is 7.73. The molecule has 0 bridgehead atoms. The lowest BCUT2D eigenvalue weighted by atomic mass is 9.85. The Morgan fingerprint density at radius 1 is 0.420 bits per heavy atom. The summed E-state index contributed by atoms with van der Waals surface area (Å²) in [6.45, 7) is 6.89. The van der Waals surface area contributed by atoms with E-state index < -0.39 is 0 Å². The van der Waals surface area contributed by atoms with Crippen LogP contribution in [0.4, 0.5) is 17.1 Å². The van der Waals surface area contributed by atoms with Gasteiger partial charge in [-0.1, -0.05) is 148 Å². The third kappa shape index (κ3) is 4.95. The molecule has 0 aliphatic heterocycles. The Balaban J connectivity index is 1.19. The largest absolute Gasteiger partial charge is 0.310 e. The summed E-state index contributed by atoms with van der Waals surface area (Å²) in [7, 11) is 0. The highest BCUT2D eigenvalue weighted by molar-refractivity contribution is 6.11. The number of rotatable bonds is 5. The SMILES string of the molecule is CC(C)(C)c1ccccc1N(c1ccc(-c2ccc3c(c2)c2ccccc2n3-c2cccc3ccccc23)cc1)c1cccc2ccccc12. The van der Waals surface area contributed by atoms with Gasteiger partial charge in [0.15, 0.2) is 0 Å². The molecule has 0 aliphatic rings. The molecule has 1 heterocycles. The Morgan fingerprint density at radius 2 is 0.980 bits per heavy atom. The molecule has 0 N–H and O–H groups in total. The topological polar surface area (TPSA) is 8.17 Å². The van der Waals surface area contributed by atoms with Crippen molar-refractivity contribution in [1.29, 1.82) is 0 Å². The normalized spacial score (nSPS) is 11.9. The van der Waals surface area contributed by atoms with Crippen LogP contribution in [0.15, 0.2) is 176 Å². The second-order valence-electron chi connectivity index (χ2n) is 14.2.